The zero-order valence-corrected chi connectivity index (χ0v) is 10.7. The van der Waals surface area contributed by atoms with Crippen molar-refractivity contribution in [2.24, 2.45) is 5.73 Å². The molecule has 0 aliphatic heterocycles. The smallest absolute Gasteiger partial charge is 0.0583 e. The summed E-state index contributed by atoms with van der Waals surface area (Å²) in [5, 5.41) is 8.95. The molecule has 0 spiro atoms. The number of para-hydroxylation sites is 1. The highest BCUT2D eigenvalue weighted by atomic mass is 16.3. The summed E-state index contributed by atoms with van der Waals surface area (Å²) in [6.07, 6.45) is 3.20. The molecule has 0 fully saturated rings. The van der Waals surface area contributed by atoms with Crippen LogP contribution in [0, 0.1) is 0 Å². The Bertz CT molecular complexity index is 290. The van der Waals surface area contributed by atoms with Gasteiger partial charge in [-0.2, -0.15) is 0 Å². The zero-order chi connectivity index (χ0) is 12.5. The maximum absolute atomic E-state index is 8.95. The molecule has 1 atom stereocenters. The maximum atomic E-state index is 8.95. The van der Waals surface area contributed by atoms with Gasteiger partial charge in [-0.3, -0.25) is 0 Å². The molecule has 0 amide bonds. The lowest BCUT2D eigenvalue weighted by Gasteiger charge is -2.25. The molecule has 3 heteroatoms. The molecule has 0 aliphatic rings. The van der Waals surface area contributed by atoms with Crippen LogP contribution in [-0.2, 0) is 0 Å². The number of hydrogen-bond acceptors (Lipinski definition) is 3. The molecule has 17 heavy (non-hydrogen) atoms. The van der Waals surface area contributed by atoms with E-state index in [9.17, 15) is 0 Å². The third-order valence-corrected chi connectivity index (χ3v) is 2.91. The van der Waals surface area contributed by atoms with E-state index in [2.05, 4.69) is 36.1 Å². The Labute approximate surface area is 104 Å². The van der Waals surface area contributed by atoms with Gasteiger partial charge in [0.25, 0.3) is 0 Å². The highest BCUT2D eigenvalue weighted by molar-refractivity contribution is 5.45. The van der Waals surface area contributed by atoms with Crippen LogP contribution in [0.4, 0.5) is 5.69 Å². The van der Waals surface area contributed by atoms with E-state index in [-0.39, 0.29) is 12.6 Å². The summed E-state index contributed by atoms with van der Waals surface area (Å²) in [6.45, 7) is 4.23. The standard InChI is InChI=1S/C14H24N2O/c1-2-3-10-16(11-9-13(15)12-17)14-7-5-4-6-8-14/h4-8,13,17H,2-3,9-12,15H2,1H3. The second kappa shape index (κ2) is 8.09. The molecular weight excluding hydrogens is 212 g/mol. The van der Waals surface area contributed by atoms with Gasteiger partial charge >= 0.3 is 0 Å². The number of benzene rings is 1. The Kier molecular flexibility index (Phi) is 6.67. The molecule has 96 valence electrons. The first-order chi connectivity index (χ1) is 8.27. The lowest BCUT2D eigenvalue weighted by atomic mass is 10.2. The third-order valence-electron chi connectivity index (χ3n) is 2.91. The molecule has 0 aromatic heterocycles. The quantitative estimate of drug-likeness (QED) is 0.726. The molecule has 0 aliphatic carbocycles. The van der Waals surface area contributed by atoms with Gasteiger partial charge < -0.3 is 15.7 Å². The SMILES string of the molecule is CCCCN(CCC(N)CO)c1ccccc1. The number of nitrogens with zero attached hydrogens (tertiary/aromatic N) is 1. The zero-order valence-electron chi connectivity index (χ0n) is 10.7. The van der Waals surface area contributed by atoms with Gasteiger partial charge in [0.05, 0.1) is 6.61 Å². The van der Waals surface area contributed by atoms with Gasteiger partial charge in [-0.1, -0.05) is 31.5 Å². The molecular formula is C14H24N2O. The first kappa shape index (κ1) is 14.0. The molecule has 1 rings (SSSR count). The summed E-state index contributed by atoms with van der Waals surface area (Å²) in [4.78, 5) is 2.35. The summed E-state index contributed by atoms with van der Waals surface area (Å²) in [7, 11) is 0. The summed E-state index contributed by atoms with van der Waals surface area (Å²) >= 11 is 0. The molecule has 1 unspecified atom stereocenters. The molecule has 3 N–H and O–H groups in total. The summed E-state index contributed by atoms with van der Waals surface area (Å²) in [5.41, 5.74) is 6.99. The second-order valence-electron chi connectivity index (χ2n) is 4.41. The Morgan fingerprint density at radius 3 is 2.53 bits per heavy atom. The molecule has 0 heterocycles. The van der Waals surface area contributed by atoms with E-state index in [4.69, 9.17) is 10.8 Å². The van der Waals surface area contributed by atoms with Crippen LogP contribution >= 0.6 is 0 Å². The van der Waals surface area contributed by atoms with Crippen LogP contribution < -0.4 is 10.6 Å². The van der Waals surface area contributed by atoms with Crippen LogP contribution in [0.5, 0.6) is 0 Å². The van der Waals surface area contributed by atoms with Gasteiger partial charge in [0.1, 0.15) is 0 Å². The number of aliphatic hydroxyl groups is 1. The number of aliphatic hydroxyl groups excluding tert-OH is 1. The Morgan fingerprint density at radius 1 is 1.24 bits per heavy atom. The van der Waals surface area contributed by atoms with Gasteiger partial charge in [0.15, 0.2) is 0 Å². The van der Waals surface area contributed by atoms with Crippen molar-refractivity contribution in [1.29, 1.82) is 0 Å². The molecule has 1 aromatic carbocycles. The van der Waals surface area contributed by atoms with Crippen LogP contribution in [0.25, 0.3) is 0 Å². The number of nitrogens with two attached hydrogens (primary N) is 1. The number of hydrogen-bond donors (Lipinski definition) is 2. The molecule has 0 radical (unpaired) electrons. The first-order valence-electron chi connectivity index (χ1n) is 6.44. The topological polar surface area (TPSA) is 49.5 Å². The fraction of sp³-hybridized carbons (Fsp3) is 0.571. The van der Waals surface area contributed by atoms with Crippen molar-refractivity contribution in [3.05, 3.63) is 30.3 Å². The van der Waals surface area contributed by atoms with Crippen molar-refractivity contribution in [2.45, 2.75) is 32.2 Å². The third kappa shape index (κ3) is 5.20. The predicted molar refractivity (Wildman–Crippen MR) is 73.2 cm³/mol. The van der Waals surface area contributed by atoms with Crippen molar-refractivity contribution < 1.29 is 5.11 Å². The molecule has 1 aromatic rings. The average molecular weight is 236 g/mol. The van der Waals surface area contributed by atoms with E-state index in [1.54, 1.807) is 0 Å². The van der Waals surface area contributed by atoms with Gasteiger partial charge in [-0.25, -0.2) is 0 Å². The normalized spacial score (nSPS) is 12.4. The molecule has 0 bridgehead atoms. The van der Waals surface area contributed by atoms with Crippen molar-refractivity contribution in [2.75, 3.05) is 24.6 Å². The summed E-state index contributed by atoms with van der Waals surface area (Å²) in [6, 6.07) is 10.3. The van der Waals surface area contributed by atoms with Gasteiger partial charge in [-0.15, -0.1) is 0 Å². The van der Waals surface area contributed by atoms with Crippen molar-refractivity contribution in [3.63, 3.8) is 0 Å². The van der Waals surface area contributed by atoms with E-state index in [1.165, 1.54) is 18.5 Å². The summed E-state index contributed by atoms with van der Waals surface area (Å²) < 4.78 is 0. The van der Waals surface area contributed by atoms with Crippen LogP contribution in [0.2, 0.25) is 0 Å². The average Bonchev–Trinajstić information content (AvgIpc) is 2.39. The van der Waals surface area contributed by atoms with Gasteiger partial charge in [0.2, 0.25) is 0 Å². The fourth-order valence-corrected chi connectivity index (χ4v) is 1.77. The second-order valence-corrected chi connectivity index (χ2v) is 4.41. The predicted octanol–water partition coefficient (Wildman–Crippen LogP) is 2.00. The van der Waals surface area contributed by atoms with Crippen molar-refractivity contribution in [3.8, 4) is 0 Å². The molecule has 0 saturated carbocycles. The number of unbranched alkanes of at least 4 members (excludes halogenated alkanes) is 1. The minimum Gasteiger partial charge on any atom is -0.395 e. The van der Waals surface area contributed by atoms with Crippen molar-refractivity contribution >= 4 is 5.69 Å². The monoisotopic (exact) mass is 236 g/mol. The largest absolute Gasteiger partial charge is 0.395 e. The van der Waals surface area contributed by atoms with E-state index < -0.39 is 0 Å². The number of rotatable bonds is 8. The van der Waals surface area contributed by atoms with E-state index in [0.29, 0.717) is 0 Å². The lowest BCUT2D eigenvalue weighted by Crippen LogP contribution is -2.33. The van der Waals surface area contributed by atoms with Crippen LogP contribution in [-0.4, -0.2) is 30.8 Å². The van der Waals surface area contributed by atoms with Gasteiger partial charge in [-0.05, 0) is 25.0 Å². The molecule has 0 saturated heterocycles. The van der Waals surface area contributed by atoms with E-state index >= 15 is 0 Å². The maximum Gasteiger partial charge on any atom is 0.0583 e. The van der Waals surface area contributed by atoms with E-state index in [1.807, 2.05) is 6.07 Å². The van der Waals surface area contributed by atoms with Gasteiger partial charge in [0, 0.05) is 24.8 Å². The Balaban J connectivity index is 2.54. The van der Waals surface area contributed by atoms with Crippen LogP contribution in [0.1, 0.15) is 26.2 Å². The Hall–Kier alpha value is -1.06. The first-order valence-corrected chi connectivity index (χ1v) is 6.44. The van der Waals surface area contributed by atoms with Crippen LogP contribution in [0.15, 0.2) is 30.3 Å². The van der Waals surface area contributed by atoms with E-state index in [0.717, 1.165) is 19.5 Å². The Morgan fingerprint density at radius 2 is 1.94 bits per heavy atom. The fourth-order valence-electron chi connectivity index (χ4n) is 1.77. The highest BCUT2D eigenvalue weighted by Gasteiger charge is 2.08. The number of anilines is 1. The highest BCUT2D eigenvalue weighted by Crippen LogP contribution is 2.14. The van der Waals surface area contributed by atoms with Crippen LogP contribution in [0.3, 0.4) is 0 Å². The minimum absolute atomic E-state index is 0.0659. The van der Waals surface area contributed by atoms with Crippen molar-refractivity contribution in [1.82, 2.24) is 0 Å². The minimum atomic E-state index is -0.108. The lowest BCUT2D eigenvalue weighted by molar-refractivity contribution is 0.260. The molecule has 3 nitrogen and oxygen atoms in total. The summed E-state index contributed by atoms with van der Waals surface area (Å²) in [5.74, 6) is 0.